The van der Waals surface area contributed by atoms with Gasteiger partial charge < -0.3 is 5.43 Å². The van der Waals surface area contributed by atoms with Crippen LogP contribution in [0, 0.1) is 0 Å². The smallest absolute Gasteiger partial charge is 0.0865 e. The normalized spacial score (nSPS) is 8.38. The SMILES string of the molecule is NNc1cn[nH]c1.c1ccncc1. The van der Waals surface area contributed by atoms with E-state index in [2.05, 4.69) is 20.6 Å². The van der Waals surface area contributed by atoms with Crippen LogP contribution in [0.5, 0.6) is 0 Å². The summed E-state index contributed by atoms with van der Waals surface area (Å²) in [7, 11) is 0. The Balaban J connectivity index is 0.000000132. The molecule has 2 heterocycles. The van der Waals surface area contributed by atoms with Gasteiger partial charge in [-0.05, 0) is 12.1 Å². The number of anilines is 1. The van der Waals surface area contributed by atoms with Crippen molar-refractivity contribution in [2.45, 2.75) is 0 Å². The molecule has 0 aliphatic rings. The third-order valence-electron chi connectivity index (χ3n) is 1.23. The summed E-state index contributed by atoms with van der Waals surface area (Å²) in [5.74, 6) is 4.98. The lowest BCUT2D eigenvalue weighted by Gasteiger charge is -1.84. The predicted octanol–water partition coefficient (Wildman–Crippen LogP) is 0.777. The second-order valence-corrected chi connectivity index (χ2v) is 2.16. The van der Waals surface area contributed by atoms with Gasteiger partial charge in [0, 0.05) is 18.6 Å². The molecule has 0 bridgehead atoms. The number of aromatic nitrogens is 3. The van der Waals surface area contributed by atoms with E-state index in [1.807, 2.05) is 18.2 Å². The van der Waals surface area contributed by atoms with E-state index >= 15 is 0 Å². The largest absolute Gasteiger partial charge is 0.321 e. The fourth-order valence-corrected chi connectivity index (χ4v) is 0.642. The van der Waals surface area contributed by atoms with Crippen LogP contribution in [-0.2, 0) is 0 Å². The molecule has 0 unspecified atom stereocenters. The van der Waals surface area contributed by atoms with Crippen molar-refractivity contribution in [1.82, 2.24) is 15.2 Å². The van der Waals surface area contributed by atoms with Gasteiger partial charge in [0.05, 0.1) is 11.9 Å². The van der Waals surface area contributed by atoms with Gasteiger partial charge in [-0.3, -0.25) is 15.9 Å². The second-order valence-electron chi connectivity index (χ2n) is 2.16. The summed E-state index contributed by atoms with van der Waals surface area (Å²) >= 11 is 0. The second kappa shape index (κ2) is 5.73. The van der Waals surface area contributed by atoms with Crippen molar-refractivity contribution in [2.24, 2.45) is 5.84 Å². The molecule has 2 aromatic heterocycles. The molecule has 68 valence electrons. The van der Waals surface area contributed by atoms with E-state index in [1.165, 1.54) is 0 Å². The highest BCUT2D eigenvalue weighted by molar-refractivity contribution is 5.35. The molecule has 2 rings (SSSR count). The molecule has 0 aliphatic carbocycles. The number of hydrogen-bond donors (Lipinski definition) is 3. The van der Waals surface area contributed by atoms with E-state index < -0.39 is 0 Å². The van der Waals surface area contributed by atoms with Crippen LogP contribution in [0.15, 0.2) is 43.0 Å². The first kappa shape index (κ1) is 9.21. The zero-order valence-corrected chi connectivity index (χ0v) is 7.01. The zero-order chi connectivity index (χ0) is 9.36. The molecule has 0 atom stereocenters. The van der Waals surface area contributed by atoms with Crippen LogP contribution in [0.25, 0.3) is 0 Å². The van der Waals surface area contributed by atoms with Gasteiger partial charge in [0.15, 0.2) is 0 Å². The summed E-state index contributed by atoms with van der Waals surface area (Å²) in [4.78, 5) is 3.78. The number of nitrogen functional groups attached to an aromatic ring is 1. The van der Waals surface area contributed by atoms with Gasteiger partial charge >= 0.3 is 0 Å². The molecule has 0 fully saturated rings. The highest BCUT2D eigenvalue weighted by Crippen LogP contribution is 1.94. The molecular formula is C8H11N5. The highest BCUT2D eigenvalue weighted by Gasteiger charge is 1.81. The van der Waals surface area contributed by atoms with E-state index in [0.29, 0.717) is 0 Å². The number of aromatic amines is 1. The molecular weight excluding hydrogens is 166 g/mol. The van der Waals surface area contributed by atoms with Gasteiger partial charge in [-0.25, -0.2) is 0 Å². The number of nitrogens with one attached hydrogen (secondary N) is 2. The van der Waals surface area contributed by atoms with Crippen LogP contribution >= 0.6 is 0 Å². The van der Waals surface area contributed by atoms with Gasteiger partial charge in [-0.15, -0.1) is 0 Å². The number of hydrazine groups is 1. The van der Waals surface area contributed by atoms with Crippen LogP contribution in [0.2, 0.25) is 0 Å². The van der Waals surface area contributed by atoms with Crippen molar-refractivity contribution in [3.63, 3.8) is 0 Å². The van der Waals surface area contributed by atoms with Crippen LogP contribution in [-0.4, -0.2) is 15.2 Å². The molecule has 0 spiro atoms. The number of pyridine rings is 1. The average Bonchev–Trinajstić information content (AvgIpc) is 2.74. The number of hydrogen-bond acceptors (Lipinski definition) is 4. The standard InChI is InChI=1S/C5H5N.C3H6N4/c1-2-4-6-5-3-1;4-7-3-1-5-6-2-3/h1-5H;1-2,7H,4H2,(H,5,6). The Morgan fingerprint density at radius 3 is 2.23 bits per heavy atom. The van der Waals surface area contributed by atoms with Gasteiger partial charge in [0.2, 0.25) is 0 Å². The zero-order valence-electron chi connectivity index (χ0n) is 7.01. The maximum absolute atomic E-state index is 4.98. The number of nitrogens with two attached hydrogens (primary N) is 1. The topological polar surface area (TPSA) is 79.6 Å². The minimum atomic E-state index is 0.792. The third-order valence-corrected chi connectivity index (χ3v) is 1.23. The molecule has 13 heavy (non-hydrogen) atoms. The molecule has 2 aromatic rings. The van der Waals surface area contributed by atoms with Crippen molar-refractivity contribution in [2.75, 3.05) is 5.43 Å². The Bertz CT molecular complexity index is 265. The molecule has 0 aliphatic heterocycles. The number of H-pyrrole nitrogens is 1. The predicted molar refractivity (Wildman–Crippen MR) is 50.6 cm³/mol. The van der Waals surface area contributed by atoms with E-state index in [-0.39, 0.29) is 0 Å². The highest BCUT2D eigenvalue weighted by atomic mass is 15.2. The summed E-state index contributed by atoms with van der Waals surface area (Å²) in [6, 6.07) is 5.72. The minimum Gasteiger partial charge on any atom is -0.321 e. The Kier molecular flexibility index (Phi) is 4.06. The van der Waals surface area contributed by atoms with Crippen molar-refractivity contribution in [3.8, 4) is 0 Å². The fraction of sp³-hybridized carbons (Fsp3) is 0. The summed E-state index contributed by atoms with van der Waals surface area (Å²) in [5, 5.41) is 6.21. The fourth-order valence-electron chi connectivity index (χ4n) is 0.642. The van der Waals surface area contributed by atoms with Gasteiger partial charge in [-0.2, -0.15) is 5.10 Å². The maximum atomic E-state index is 4.98. The molecule has 4 N–H and O–H groups in total. The molecule has 5 heteroatoms. The maximum Gasteiger partial charge on any atom is 0.0865 e. The van der Waals surface area contributed by atoms with Crippen LogP contribution in [0.1, 0.15) is 0 Å². The summed E-state index contributed by atoms with van der Waals surface area (Å²) in [5.41, 5.74) is 3.20. The van der Waals surface area contributed by atoms with Crippen LogP contribution in [0.3, 0.4) is 0 Å². The van der Waals surface area contributed by atoms with Crippen LogP contribution in [0.4, 0.5) is 5.69 Å². The number of rotatable bonds is 1. The van der Waals surface area contributed by atoms with E-state index in [0.717, 1.165) is 5.69 Å². The molecule has 0 saturated carbocycles. The molecule has 5 nitrogen and oxygen atoms in total. The van der Waals surface area contributed by atoms with Crippen molar-refractivity contribution in [3.05, 3.63) is 43.0 Å². The first-order valence-corrected chi connectivity index (χ1v) is 3.74. The van der Waals surface area contributed by atoms with Gasteiger partial charge in [-0.1, -0.05) is 6.07 Å². The Morgan fingerprint density at radius 1 is 1.23 bits per heavy atom. The Hall–Kier alpha value is -1.88. The van der Waals surface area contributed by atoms with Crippen molar-refractivity contribution >= 4 is 5.69 Å². The molecule has 0 radical (unpaired) electrons. The molecule has 0 aromatic carbocycles. The number of nitrogens with zero attached hydrogens (tertiary/aromatic N) is 2. The van der Waals surface area contributed by atoms with E-state index in [4.69, 9.17) is 5.84 Å². The quantitative estimate of drug-likeness (QED) is 0.444. The third kappa shape index (κ3) is 3.88. The summed E-state index contributed by atoms with van der Waals surface area (Å²) in [6.45, 7) is 0. The lowest BCUT2D eigenvalue weighted by molar-refractivity contribution is 1.09. The van der Waals surface area contributed by atoms with Gasteiger partial charge in [0.25, 0.3) is 0 Å². The van der Waals surface area contributed by atoms with E-state index in [9.17, 15) is 0 Å². The minimum absolute atomic E-state index is 0.792. The van der Waals surface area contributed by atoms with Gasteiger partial charge in [0.1, 0.15) is 0 Å². The first-order valence-electron chi connectivity index (χ1n) is 3.74. The van der Waals surface area contributed by atoms with Crippen LogP contribution < -0.4 is 11.3 Å². The lowest BCUT2D eigenvalue weighted by atomic mass is 10.5. The van der Waals surface area contributed by atoms with E-state index in [1.54, 1.807) is 24.8 Å². The monoisotopic (exact) mass is 177 g/mol. The molecule has 0 saturated heterocycles. The Morgan fingerprint density at radius 2 is 2.00 bits per heavy atom. The van der Waals surface area contributed by atoms with Crippen molar-refractivity contribution < 1.29 is 0 Å². The first-order chi connectivity index (χ1) is 6.43. The molecule has 0 amide bonds. The Labute approximate surface area is 76.0 Å². The summed E-state index contributed by atoms with van der Waals surface area (Å²) < 4.78 is 0. The summed E-state index contributed by atoms with van der Waals surface area (Å²) in [6.07, 6.45) is 6.76. The van der Waals surface area contributed by atoms with Crippen molar-refractivity contribution in [1.29, 1.82) is 0 Å². The average molecular weight is 177 g/mol. The lowest BCUT2D eigenvalue weighted by Crippen LogP contribution is -2.04.